The van der Waals surface area contributed by atoms with Crippen LogP contribution in [-0.2, 0) is 19.0 Å². The van der Waals surface area contributed by atoms with Crippen molar-refractivity contribution in [2.24, 2.45) is 23.1 Å². The Kier molecular flexibility index (Phi) is 11.3. The highest BCUT2D eigenvalue weighted by Gasteiger charge is 2.53. The maximum absolute atomic E-state index is 12.1. The van der Waals surface area contributed by atoms with Crippen molar-refractivity contribution in [2.45, 2.75) is 86.7 Å². The number of nitrogens with two attached hydrogens (primary N) is 3. The first-order valence-corrected chi connectivity index (χ1v) is 13.2. The standard InChI is InChI=1S/C24H46N6O8/c1-24(35)11-36-23(19(34)22(24)28-2)38-21-15(30-16(32)10-31)8-14(27)17(18(21)33)20-13(26)5-4-12(37-20)9-29-7-3-6-25/h4,13-15,17-23,28-29,31,33-35H,3,5-11,25-27H2,1-2H3,(H,30,32)/t13-,14+,15-,17-,18+,19-,20?,21+,22-,23-,24+/m1/s1. The third kappa shape index (κ3) is 7.20. The summed E-state index contributed by atoms with van der Waals surface area (Å²) in [6, 6.07) is -2.65. The zero-order valence-electron chi connectivity index (χ0n) is 22.2. The molecule has 220 valence electrons. The second kappa shape index (κ2) is 13.8. The van der Waals surface area contributed by atoms with Crippen molar-refractivity contribution in [2.75, 3.05) is 39.9 Å². The van der Waals surface area contributed by atoms with Gasteiger partial charge in [-0.15, -0.1) is 0 Å². The van der Waals surface area contributed by atoms with Crippen molar-refractivity contribution in [3.63, 3.8) is 0 Å². The Balaban J connectivity index is 1.80. The van der Waals surface area contributed by atoms with Crippen LogP contribution in [-0.4, -0.2) is 127 Å². The Morgan fingerprint density at radius 2 is 2.00 bits per heavy atom. The summed E-state index contributed by atoms with van der Waals surface area (Å²) in [5.74, 6) is -0.651. The lowest BCUT2D eigenvalue weighted by Gasteiger charge is -2.50. The van der Waals surface area contributed by atoms with E-state index in [2.05, 4.69) is 16.0 Å². The molecule has 0 aromatic heterocycles. The number of hydrogen-bond donors (Lipinski definition) is 10. The van der Waals surface area contributed by atoms with Crippen LogP contribution in [0.1, 0.15) is 26.2 Å². The number of amides is 1. The molecule has 3 aliphatic rings. The second-order valence-corrected chi connectivity index (χ2v) is 10.7. The topological polar surface area (TPSA) is 240 Å². The van der Waals surface area contributed by atoms with E-state index in [-0.39, 0.29) is 13.0 Å². The summed E-state index contributed by atoms with van der Waals surface area (Å²) in [6.07, 6.45) is -2.06. The molecule has 1 aliphatic carbocycles. The number of carbonyl (C=O) groups is 1. The van der Waals surface area contributed by atoms with Gasteiger partial charge in [-0.05, 0) is 52.4 Å². The summed E-state index contributed by atoms with van der Waals surface area (Å²) in [5.41, 5.74) is 17.1. The quantitative estimate of drug-likeness (QED) is 0.110. The van der Waals surface area contributed by atoms with Gasteiger partial charge in [0, 0.05) is 18.0 Å². The summed E-state index contributed by atoms with van der Waals surface area (Å²) in [5, 5.41) is 51.1. The van der Waals surface area contributed by atoms with Crippen molar-refractivity contribution < 1.29 is 39.4 Å². The number of nitrogens with one attached hydrogen (secondary N) is 3. The van der Waals surface area contributed by atoms with Gasteiger partial charge in [0.05, 0.1) is 31.3 Å². The van der Waals surface area contributed by atoms with Crippen molar-refractivity contribution >= 4 is 5.91 Å². The number of ether oxygens (including phenoxy) is 3. The molecule has 1 saturated carbocycles. The molecule has 13 N–H and O–H groups in total. The highest BCUT2D eigenvalue weighted by molar-refractivity contribution is 5.77. The molecule has 1 unspecified atom stereocenters. The molecule has 11 atom stereocenters. The molecule has 2 fully saturated rings. The van der Waals surface area contributed by atoms with Crippen LogP contribution in [0.3, 0.4) is 0 Å². The highest BCUT2D eigenvalue weighted by Crippen LogP contribution is 2.36. The van der Waals surface area contributed by atoms with Gasteiger partial charge in [0.1, 0.15) is 36.3 Å². The SMILES string of the molecule is CN[C@@H]1[C@@H](O)[C@@H](O[C@@H]2[C@@H](O)[C@H](C3OC(CNCCCN)=CC[C@H]3N)[C@@H](N)C[C@H]2NC(=O)CO)OC[C@]1(C)O. The van der Waals surface area contributed by atoms with Gasteiger partial charge in [-0.2, -0.15) is 0 Å². The van der Waals surface area contributed by atoms with Gasteiger partial charge in [-0.25, -0.2) is 0 Å². The van der Waals surface area contributed by atoms with E-state index in [0.29, 0.717) is 25.3 Å². The molecule has 1 amide bonds. The molecule has 0 bridgehead atoms. The summed E-state index contributed by atoms with van der Waals surface area (Å²) in [4.78, 5) is 12.1. The molecule has 0 aromatic rings. The van der Waals surface area contributed by atoms with Gasteiger partial charge in [-0.1, -0.05) is 0 Å². The maximum Gasteiger partial charge on any atom is 0.246 e. The predicted octanol–water partition coefficient (Wildman–Crippen LogP) is -4.45. The fourth-order valence-electron chi connectivity index (χ4n) is 5.65. The van der Waals surface area contributed by atoms with Gasteiger partial charge in [-0.3, -0.25) is 4.79 Å². The molecule has 3 rings (SSSR count). The number of rotatable bonds is 11. The van der Waals surface area contributed by atoms with Crippen LogP contribution < -0.4 is 33.2 Å². The van der Waals surface area contributed by atoms with Crippen LogP contribution in [0, 0.1) is 5.92 Å². The number of aliphatic hydroxyl groups is 4. The molecule has 38 heavy (non-hydrogen) atoms. The second-order valence-electron chi connectivity index (χ2n) is 10.7. The highest BCUT2D eigenvalue weighted by atomic mass is 16.7. The molecule has 0 spiro atoms. The van der Waals surface area contributed by atoms with Gasteiger partial charge in [0.25, 0.3) is 0 Å². The first kappa shape index (κ1) is 31.1. The molecule has 2 aliphatic heterocycles. The summed E-state index contributed by atoms with van der Waals surface area (Å²) < 4.78 is 17.9. The van der Waals surface area contributed by atoms with Crippen LogP contribution in [0.15, 0.2) is 11.8 Å². The summed E-state index contributed by atoms with van der Waals surface area (Å²) in [6.45, 7) is 2.41. The lowest BCUT2D eigenvalue weighted by Crippen LogP contribution is -2.69. The lowest BCUT2D eigenvalue weighted by molar-refractivity contribution is -0.297. The zero-order chi connectivity index (χ0) is 28.0. The Labute approximate surface area is 223 Å². The van der Waals surface area contributed by atoms with Crippen LogP contribution in [0.25, 0.3) is 0 Å². The fraction of sp³-hybridized carbons (Fsp3) is 0.875. The van der Waals surface area contributed by atoms with Gasteiger partial charge < -0.3 is 67.8 Å². The van der Waals surface area contributed by atoms with E-state index < -0.39 is 78.9 Å². The lowest BCUT2D eigenvalue weighted by atomic mass is 9.72. The minimum absolute atomic E-state index is 0.137. The molecule has 0 aromatic carbocycles. The first-order valence-electron chi connectivity index (χ1n) is 13.2. The largest absolute Gasteiger partial charge is 0.492 e. The normalized spacial score (nSPS) is 41.8. The molecular formula is C24H46N6O8. The molecular weight excluding hydrogens is 500 g/mol. The van der Waals surface area contributed by atoms with Crippen LogP contribution >= 0.6 is 0 Å². The summed E-state index contributed by atoms with van der Waals surface area (Å²) in [7, 11) is 1.59. The monoisotopic (exact) mass is 546 g/mol. The van der Waals surface area contributed by atoms with Crippen molar-refractivity contribution in [1.29, 1.82) is 0 Å². The number of carbonyl (C=O) groups excluding carboxylic acids is 1. The Hall–Kier alpha value is -1.43. The zero-order valence-corrected chi connectivity index (χ0v) is 22.2. The van der Waals surface area contributed by atoms with E-state index in [1.165, 1.54) is 6.92 Å². The van der Waals surface area contributed by atoms with Crippen molar-refractivity contribution in [3.8, 4) is 0 Å². The Morgan fingerprint density at radius 3 is 2.66 bits per heavy atom. The molecule has 14 nitrogen and oxygen atoms in total. The molecule has 14 heteroatoms. The van der Waals surface area contributed by atoms with Crippen LogP contribution in [0.4, 0.5) is 0 Å². The van der Waals surface area contributed by atoms with E-state index in [4.69, 9.17) is 31.4 Å². The molecule has 1 saturated heterocycles. The van der Waals surface area contributed by atoms with Crippen molar-refractivity contribution in [1.82, 2.24) is 16.0 Å². The van der Waals surface area contributed by atoms with Gasteiger partial charge in [0.2, 0.25) is 5.91 Å². The van der Waals surface area contributed by atoms with E-state index >= 15 is 0 Å². The third-order valence-electron chi connectivity index (χ3n) is 7.63. The van der Waals surface area contributed by atoms with E-state index in [0.717, 1.165) is 13.0 Å². The molecule has 2 heterocycles. The third-order valence-corrected chi connectivity index (χ3v) is 7.63. The first-order chi connectivity index (χ1) is 18.0. The molecule has 0 radical (unpaired) electrons. The Morgan fingerprint density at radius 1 is 1.26 bits per heavy atom. The average molecular weight is 547 g/mol. The van der Waals surface area contributed by atoms with E-state index in [1.54, 1.807) is 7.05 Å². The van der Waals surface area contributed by atoms with Crippen LogP contribution in [0.2, 0.25) is 0 Å². The van der Waals surface area contributed by atoms with E-state index in [1.807, 2.05) is 6.08 Å². The number of aliphatic hydroxyl groups excluding tert-OH is 3. The summed E-state index contributed by atoms with van der Waals surface area (Å²) >= 11 is 0. The Bertz CT molecular complexity index is 804. The number of hydrogen-bond acceptors (Lipinski definition) is 13. The smallest absolute Gasteiger partial charge is 0.246 e. The van der Waals surface area contributed by atoms with Gasteiger partial charge in [0.15, 0.2) is 6.29 Å². The van der Waals surface area contributed by atoms with Gasteiger partial charge >= 0.3 is 0 Å². The predicted molar refractivity (Wildman–Crippen MR) is 137 cm³/mol. The fourth-order valence-corrected chi connectivity index (χ4v) is 5.65. The minimum atomic E-state index is -1.36. The van der Waals surface area contributed by atoms with E-state index in [9.17, 15) is 25.2 Å². The van der Waals surface area contributed by atoms with Crippen LogP contribution in [0.5, 0.6) is 0 Å². The minimum Gasteiger partial charge on any atom is -0.492 e. The number of likely N-dealkylation sites (N-methyl/N-ethyl adjacent to an activating group) is 1. The average Bonchev–Trinajstić information content (AvgIpc) is 2.87. The van der Waals surface area contributed by atoms with Crippen molar-refractivity contribution in [3.05, 3.63) is 11.8 Å². The maximum atomic E-state index is 12.1.